The molecule has 7 nitrogen and oxygen atoms in total. The summed E-state index contributed by atoms with van der Waals surface area (Å²) in [6, 6.07) is 5.01. The fourth-order valence-corrected chi connectivity index (χ4v) is 3.86. The number of halogens is 1. The van der Waals surface area contributed by atoms with Crippen molar-refractivity contribution in [3.05, 3.63) is 58.0 Å². The summed E-state index contributed by atoms with van der Waals surface area (Å²) >= 11 is 6.12. The van der Waals surface area contributed by atoms with Gasteiger partial charge in [0.2, 0.25) is 0 Å². The fourth-order valence-electron chi connectivity index (χ4n) is 3.69. The van der Waals surface area contributed by atoms with Gasteiger partial charge in [0.15, 0.2) is 6.29 Å². The molecule has 1 fully saturated rings. The summed E-state index contributed by atoms with van der Waals surface area (Å²) in [7, 11) is 0. The predicted molar refractivity (Wildman–Crippen MR) is 135 cm³/mol. The first kappa shape index (κ1) is 26.6. The van der Waals surface area contributed by atoms with Crippen LogP contribution in [0.1, 0.15) is 33.3 Å². The Morgan fingerprint density at radius 3 is 2.79 bits per heavy atom. The van der Waals surface area contributed by atoms with Crippen LogP contribution in [0.25, 0.3) is 5.57 Å². The zero-order chi connectivity index (χ0) is 24.4. The molecule has 2 unspecified atom stereocenters. The van der Waals surface area contributed by atoms with Gasteiger partial charge in [-0.25, -0.2) is 0 Å². The molecule has 1 aromatic carbocycles. The number of hydrogen-bond acceptors (Lipinski definition) is 7. The number of allylic oxidation sites excluding steroid dienone is 5. The topological polar surface area (TPSA) is 96.7 Å². The third kappa shape index (κ3) is 8.68. The van der Waals surface area contributed by atoms with Crippen LogP contribution in [0.2, 0.25) is 5.02 Å². The van der Waals surface area contributed by atoms with Crippen molar-refractivity contribution in [3.63, 3.8) is 0 Å². The number of nitrogens with zero attached hydrogens (tertiary/aromatic N) is 1. The lowest BCUT2D eigenvalue weighted by Gasteiger charge is -2.33. The lowest BCUT2D eigenvalue weighted by atomic mass is 10.0. The Kier molecular flexibility index (Phi) is 10.6. The number of nitrogens with two attached hydrogens (primary N) is 1. The van der Waals surface area contributed by atoms with E-state index in [2.05, 4.69) is 29.4 Å². The van der Waals surface area contributed by atoms with Gasteiger partial charge >= 0.3 is 0 Å². The van der Waals surface area contributed by atoms with E-state index >= 15 is 0 Å². The summed E-state index contributed by atoms with van der Waals surface area (Å²) < 4.78 is 5.62. The summed E-state index contributed by atoms with van der Waals surface area (Å²) in [5.74, 6) is 0.399. The number of rotatable bonds is 11. The molecule has 2 atom stereocenters. The molecule has 0 bridgehead atoms. The molecule has 180 valence electrons. The maximum absolute atomic E-state index is 11.9. The second kappa shape index (κ2) is 13.2. The maximum atomic E-state index is 11.9. The molecule has 1 aliphatic heterocycles. The van der Waals surface area contributed by atoms with Crippen LogP contribution in [0, 0.1) is 5.92 Å². The van der Waals surface area contributed by atoms with Gasteiger partial charge in [0.1, 0.15) is 6.29 Å². The van der Waals surface area contributed by atoms with Crippen molar-refractivity contribution in [1.29, 1.82) is 0 Å². The molecule has 8 heteroatoms. The molecule has 0 radical (unpaired) electrons. The van der Waals surface area contributed by atoms with Gasteiger partial charge in [0.25, 0.3) is 0 Å². The molecule has 1 aromatic rings. The van der Waals surface area contributed by atoms with Crippen molar-refractivity contribution in [2.24, 2.45) is 5.92 Å². The van der Waals surface area contributed by atoms with Crippen LogP contribution < -0.4 is 16.4 Å². The molecule has 0 amide bonds. The Bertz CT molecular complexity index is 926. The van der Waals surface area contributed by atoms with Gasteiger partial charge in [-0.2, -0.15) is 0 Å². The minimum atomic E-state index is 0.259. The van der Waals surface area contributed by atoms with Crippen molar-refractivity contribution < 1.29 is 14.3 Å². The van der Waals surface area contributed by atoms with Crippen molar-refractivity contribution >= 4 is 35.4 Å². The van der Waals surface area contributed by atoms with Crippen LogP contribution in [0.5, 0.6) is 0 Å². The van der Waals surface area contributed by atoms with Crippen molar-refractivity contribution in [1.82, 2.24) is 15.5 Å². The monoisotopic (exact) mass is 474 g/mol. The third-order valence-electron chi connectivity index (χ3n) is 5.42. The Morgan fingerprint density at radius 1 is 1.36 bits per heavy atom. The number of carbonyl (C=O) groups excluding carboxylic acids is 2. The summed E-state index contributed by atoms with van der Waals surface area (Å²) in [6.45, 7) is 12.4. The van der Waals surface area contributed by atoms with E-state index in [0.29, 0.717) is 45.4 Å². The first-order valence-corrected chi connectivity index (χ1v) is 11.5. The molecule has 2 rings (SSSR count). The van der Waals surface area contributed by atoms with Crippen molar-refractivity contribution in [3.8, 4) is 0 Å². The van der Waals surface area contributed by atoms with Crippen LogP contribution in [-0.2, 0) is 14.3 Å². The SMILES string of the molecule is C/C(NCC(C)CN1CCOC(C)C1)=C(\C=C(/C=O)c1cc(Cl)ccc1N)N/C(C)=C/C=O. The Labute approximate surface area is 201 Å². The van der Waals surface area contributed by atoms with E-state index < -0.39 is 0 Å². The van der Waals surface area contributed by atoms with Crippen LogP contribution in [0.15, 0.2) is 47.4 Å². The van der Waals surface area contributed by atoms with E-state index in [1.54, 1.807) is 31.2 Å². The van der Waals surface area contributed by atoms with Crippen LogP contribution in [0.3, 0.4) is 0 Å². The molecular weight excluding hydrogens is 440 g/mol. The van der Waals surface area contributed by atoms with Crippen molar-refractivity contribution in [2.45, 2.75) is 33.8 Å². The number of carbonyl (C=O) groups is 2. The van der Waals surface area contributed by atoms with Crippen LogP contribution in [0.4, 0.5) is 5.69 Å². The van der Waals surface area contributed by atoms with Gasteiger partial charge in [-0.1, -0.05) is 18.5 Å². The van der Waals surface area contributed by atoms with E-state index in [4.69, 9.17) is 22.1 Å². The molecule has 4 N–H and O–H groups in total. The molecule has 1 heterocycles. The Morgan fingerprint density at radius 2 is 2.12 bits per heavy atom. The second-order valence-electron chi connectivity index (χ2n) is 8.53. The number of nitrogens with one attached hydrogen (secondary N) is 2. The fraction of sp³-hybridized carbons (Fsp3) is 0.440. The van der Waals surface area contributed by atoms with Gasteiger partial charge < -0.3 is 21.1 Å². The highest BCUT2D eigenvalue weighted by Crippen LogP contribution is 2.25. The van der Waals surface area contributed by atoms with E-state index in [0.717, 1.165) is 44.8 Å². The first-order valence-electron chi connectivity index (χ1n) is 11.1. The van der Waals surface area contributed by atoms with E-state index in [-0.39, 0.29) is 6.10 Å². The average molecular weight is 475 g/mol. The number of anilines is 1. The largest absolute Gasteiger partial charge is 0.398 e. The highest BCUT2D eigenvalue weighted by molar-refractivity contribution is 6.31. The van der Waals surface area contributed by atoms with E-state index in [1.165, 1.54) is 6.08 Å². The summed E-state index contributed by atoms with van der Waals surface area (Å²) in [5.41, 5.74) is 9.63. The van der Waals surface area contributed by atoms with Gasteiger partial charge in [-0.15, -0.1) is 0 Å². The first-order chi connectivity index (χ1) is 15.7. The van der Waals surface area contributed by atoms with Gasteiger partial charge in [-0.05, 0) is 57.0 Å². The minimum Gasteiger partial charge on any atom is -0.398 e. The molecule has 0 aliphatic carbocycles. The minimum absolute atomic E-state index is 0.259. The molecule has 1 aliphatic rings. The summed E-state index contributed by atoms with van der Waals surface area (Å²) in [5, 5.41) is 7.16. The average Bonchev–Trinajstić information content (AvgIpc) is 2.77. The highest BCUT2D eigenvalue weighted by atomic mass is 35.5. The third-order valence-corrected chi connectivity index (χ3v) is 5.65. The van der Waals surface area contributed by atoms with Gasteiger partial charge in [0, 0.05) is 59.4 Å². The quantitative estimate of drug-likeness (QED) is 0.196. The smallest absolute Gasteiger partial charge is 0.150 e. The summed E-state index contributed by atoms with van der Waals surface area (Å²) in [4.78, 5) is 25.3. The lowest BCUT2D eigenvalue weighted by Crippen LogP contribution is -2.44. The highest BCUT2D eigenvalue weighted by Gasteiger charge is 2.18. The zero-order valence-electron chi connectivity index (χ0n) is 19.9. The number of hydrogen-bond donors (Lipinski definition) is 3. The van der Waals surface area contributed by atoms with Crippen LogP contribution in [-0.4, -0.2) is 56.4 Å². The Hall–Kier alpha value is -2.61. The predicted octanol–water partition coefficient (Wildman–Crippen LogP) is 3.37. The molecule has 0 spiro atoms. The normalized spacial score (nSPS) is 19.5. The number of nitrogen functional groups attached to an aromatic ring is 1. The zero-order valence-corrected chi connectivity index (χ0v) is 20.6. The number of aldehydes is 2. The van der Waals surface area contributed by atoms with E-state index in [1.807, 2.05) is 6.92 Å². The molecule has 0 aromatic heterocycles. The number of benzene rings is 1. The maximum Gasteiger partial charge on any atom is 0.150 e. The van der Waals surface area contributed by atoms with E-state index in [9.17, 15) is 9.59 Å². The molecule has 0 saturated carbocycles. The molecule has 33 heavy (non-hydrogen) atoms. The standard InChI is InChI=1S/C25H35ClN4O3/c1-17(14-30-8-10-33-19(3)15-30)13-28-20(4)25(29-18(2)7-9-31)11-21(16-32)23-12-22(26)5-6-24(23)27/h5-7,9,11-12,16-17,19,28-29H,8,10,13-15,27H2,1-4H3/b18-7+,21-11+,25-20-. The van der Waals surface area contributed by atoms with Gasteiger partial charge in [-0.3, -0.25) is 14.5 Å². The molecule has 1 saturated heterocycles. The van der Waals surface area contributed by atoms with Crippen LogP contribution >= 0.6 is 11.6 Å². The second-order valence-corrected chi connectivity index (χ2v) is 8.96. The Balaban J connectivity index is 2.23. The summed E-state index contributed by atoms with van der Waals surface area (Å²) in [6.07, 6.45) is 4.87. The number of ether oxygens (including phenoxy) is 1. The number of morpholine rings is 1. The van der Waals surface area contributed by atoms with Crippen molar-refractivity contribution in [2.75, 3.05) is 38.5 Å². The van der Waals surface area contributed by atoms with Gasteiger partial charge in [0.05, 0.1) is 18.4 Å². The molecular formula is C25H35ClN4O3. The lowest BCUT2D eigenvalue weighted by molar-refractivity contribution is -0.104.